The van der Waals surface area contributed by atoms with Crippen LogP contribution in [-0.2, 0) is 28.7 Å². The Morgan fingerprint density at radius 2 is 1.69 bits per heavy atom. The lowest BCUT2D eigenvalue weighted by Gasteiger charge is -2.45. The largest absolute Gasteiger partial charge is 0.458 e. The van der Waals surface area contributed by atoms with E-state index in [1.54, 1.807) is 6.08 Å². The number of ether oxygens (including phenoxy) is 2. The summed E-state index contributed by atoms with van der Waals surface area (Å²) >= 11 is 0. The average Bonchev–Trinajstić information content (AvgIpc) is 2.88. The molecule has 0 amide bonds. The molecule has 0 aromatic carbocycles. The highest BCUT2D eigenvalue weighted by Gasteiger charge is 2.49. The van der Waals surface area contributed by atoms with Gasteiger partial charge in [-0.3, -0.25) is 19.2 Å². The van der Waals surface area contributed by atoms with Gasteiger partial charge < -0.3 is 9.47 Å². The normalized spacial score (nSPS) is 34.1. The van der Waals surface area contributed by atoms with E-state index >= 15 is 0 Å². The molecule has 0 aliphatic heterocycles. The Kier molecular flexibility index (Phi) is 5.84. The topological polar surface area (TPSA) is 86.7 Å². The van der Waals surface area contributed by atoms with Crippen LogP contribution < -0.4 is 0 Å². The predicted octanol–water partition coefficient (Wildman–Crippen LogP) is 3.34. The first-order valence-corrected chi connectivity index (χ1v) is 10.3. The number of hydrogen-bond donors (Lipinski definition) is 0. The quantitative estimate of drug-likeness (QED) is 0.520. The molecule has 3 aliphatic rings. The van der Waals surface area contributed by atoms with Crippen LogP contribution in [0.2, 0.25) is 0 Å². The Labute approximate surface area is 171 Å². The average molecular weight is 402 g/mol. The van der Waals surface area contributed by atoms with Crippen molar-refractivity contribution in [2.45, 2.75) is 72.0 Å². The van der Waals surface area contributed by atoms with Crippen molar-refractivity contribution >= 4 is 23.5 Å². The summed E-state index contributed by atoms with van der Waals surface area (Å²) in [6.07, 6.45) is 3.30. The Morgan fingerprint density at radius 3 is 2.31 bits per heavy atom. The Morgan fingerprint density at radius 1 is 1.07 bits per heavy atom. The van der Waals surface area contributed by atoms with E-state index in [1.165, 1.54) is 13.8 Å². The minimum absolute atomic E-state index is 0.0923. The van der Waals surface area contributed by atoms with Gasteiger partial charge in [0.2, 0.25) is 0 Å². The minimum atomic E-state index is -0.899. The second-order valence-electron chi connectivity index (χ2n) is 9.25. The summed E-state index contributed by atoms with van der Waals surface area (Å²) in [5.41, 5.74) is 0.618. The van der Waals surface area contributed by atoms with E-state index in [0.717, 1.165) is 12.8 Å². The zero-order chi connectivity index (χ0) is 21.5. The van der Waals surface area contributed by atoms with Crippen molar-refractivity contribution in [2.24, 2.45) is 23.2 Å². The summed E-state index contributed by atoms with van der Waals surface area (Å²) < 4.78 is 11.0. The SMILES string of the molecule is C=C1C(=O)C2=C[C@H]1C[C@H](OC(C)=O)C(=O)C1CCCC(C)(C)[C@H]1C[C@H]2OC(C)=O. The third-order valence-electron chi connectivity index (χ3n) is 6.79. The highest BCUT2D eigenvalue weighted by atomic mass is 16.5. The first kappa shape index (κ1) is 21.5. The number of fused-ring (bicyclic) bond motifs is 2. The lowest BCUT2D eigenvalue weighted by molar-refractivity contribution is -0.158. The van der Waals surface area contributed by atoms with E-state index in [0.29, 0.717) is 24.0 Å². The molecule has 29 heavy (non-hydrogen) atoms. The Bertz CT molecular complexity index is 789. The van der Waals surface area contributed by atoms with Crippen molar-refractivity contribution in [3.05, 3.63) is 23.8 Å². The predicted molar refractivity (Wildman–Crippen MR) is 106 cm³/mol. The van der Waals surface area contributed by atoms with Gasteiger partial charge in [0.05, 0.1) is 0 Å². The maximum Gasteiger partial charge on any atom is 0.303 e. The molecule has 1 saturated carbocycles. The summed E-state index contributed by atoms with van der Waals surface area (Å²) in [5, 5.41) is 0. The number of esters is 2. The van der Waals surface area contributed by atoms with Gasteiger partial charge in [0, 0.05) is 37.7 Å². The molecule has 2 bridgehead atoms. The zero-order valence-corrected chi connectivity index (χ0v) is 17.7. The van der Waals surface area contributed by atoms with Crippen molar-refractivity contribution in [2.75, 3.05) is 0 Å². The zero-order valence-electron chi connectivity index (χ0n) is 17.7. The molecule has 158 valence electrons. The van der Waals surface area contributed by atoms with Crippen LogP contribution in [0.15, 0.2) is 23.8 Å². The van der Waals surface area contributed by atoms with E-state index in [1.807, 2.05) is 0 Å². The molecule has 1 fully saturated rings. The molecule has 0 saturated heterocycles. The number of carbonyl (C=O) groups is 4. The minimum Gasteiger partial charge on any atom is -0.458 e. The van der Waals surface area contributed by atoms with Gasteiger partial charge in [-0.25, -0.2) is 0 Å². The summed E-state index contributed by atoms with van der Waals surface area (Å²) in [6, 6.07) is 0. The number of hydrogen-bond acceptors (Lipinski definition) is 6. The summed E-state index contributed by atoms with van der Waals surface area (Å²) in [7, 11) is 0. The van der Waals surface area contributed by atoms with Crippen LogP contribution in [0.1, 0.15) is 59.8 Å². The summed E-state index contributed by atoms with van der Waals surface area (Å²) in [6.45, 7) is 10.7. The molecular weight excluding hydrogens is 372 g/mol. The molecule has 6 nitrogen and oxygen atoms in total. The fourth-order valence-corrected chi connectivity index (χ4v) is 5.30. The molecule has 0 radical (unpaired) electrons. The first-order valence-electron chi connectivity index (χ1n) is 10.3. The lowest BCUT2D eigenvalue weighted by atomic mass is 9.60. The molecule has 0 aromatic heterocycles. The lowest BCUT2D eigenvalue weighted by Crippen LogP contribution is -2.45. The molecule has 5 atom stereocenters. The Balaban J connectivity index is 2.09. The van der Waals surface area contributed by atoms with Crippen molar-refractivity contribution in [3.63, 3.8) is 0 Å². The van der Waals surface area contributed by atoms with Crippen molar-refractivity contribution in [1.29, 1.82) is 0 Å². The van der Waals surface area contributed by atoms with Gasteiger partial charge >= 0.3 is 11.9 Å². The molecule has 3 aliphatic carbocycles. The van der Waals surface area contributed by atoms with E-state index in [2.05, 4.69) is 20.4 Å². The van der Waals surface area contributed by atoms with Crippen LogP contribution in [0, 0.1) is 23.2 Å². The second kappa shape index (κ2) is 7.88. The van der Waals surface area contributed by atoms with Gasteiger partial charge in [0.15, 0.2) is 17.7 Å². The van der Waals surface area contributed by atoms with Crippen LogP contribution in [0.25, 0.3) is 0 Å². The number of allylic oxidation sites excluding steroid dienone is 2. The second-order valence-corrected chi connectivity index (χ2v) is 9.25. The van der Waals surface area contributed by atoms with Crippen LogP contribution in [-0.4, -0.2) is 35.7 Å². The summed E-state index contributed by atoms with van der Waals surface area (Å²) in [4.78, 5) is 49.8. The van der Waals surface area contributed by atoms with Crippen LogP contribution in [0.4, 0.5) is 0 Å². The van der Waals surface area contributed by atoms with Gasteiger partial charge in [-0.15, -0.1) is 0 Å². The highest BCUT2D eigenvalue weighted by molar-refractivity contribution is 6.12. The van der Waals surface area contributed by atoms with Crippen LogP contribution in [0.5, 0.6) is 0 Å². The van der Waals surface area contributed by atoms with Gasteiger partial charge in [0.25, 0.3) is 0 Å². The third-order valence-corrected chi connectivity index (χ3v) is 6.79. The number of ketones is 2. The van der Waals surface area contributed by atoms with Crippen molar-refractivity contribution in [1.82, 2.24) is 0 Å². The molecule has 0 heterocycles. The molecular formula is C23H30O6. The maximum absolute atomic E-state index is 13.5. The maximum atomic E-state index is 13.5. The standard InChI is InChI=1S/C23H30O6/c1-12-15-9-17(21(12)26)19(28-13(2)24)11-18-16(7-6-8-23(18,4)5)22(27)20(10-15)29-14(3)25/h9,15-16,18-20H,1,6-8,10-11H2,2-5H3/t15-,16?,18-,19+,20-/m0/s1. The van der Waals surface area contributed by atoms with E-state index in [-0.39, 0.29) is 35.2 Å². The van der Waals surface area contributed by atoms with Gasteiger partial charge in [0.1, 0.15) is 6.10 Å². The number of rotatable bonds is 2. The fourth-order valence-electron chi connectivity index (χ4n) is 5.30. The molecule has 0 aromatic rings. The van der Waals surface area contributed by atoms with Crippen LogP contribution >= 0.6 is 0 Å². The van der Waals surface area contributed by atoms with Gasteiger partial charge in [-0.1, -0.05) is 32.9 Å². The summed E-state index contributed by atoms with van der Waals surface area (Å²) in [5.74, 6) is -2.09. The molecule has 3 rings (SSSR count). The van der Waals surface area contributed by atoms with E-state index in [4.69, 9.17) is 9.47 Å². The molecule has 0 spiro atoms. The number of carbonyl (C=O) groups excluding carboxylic acids is 4. The van der Waals surface area contributed by atoms with E-state index in [9.17, 15) is 19.2 Å². The van der Waals surface area contributed by atoms with E-state index < -0.39 is 30.1 Å². The fraction of sp³-hybridized carbons (Fsp3) is 0.652. The van der Waals surface area contributed by atoms with Crippen LogP contribution in [0.3, 0.4) is 0 Å². The highest BCUT2D eigenvalue weighted by Crippen LogP contribution is 2.49. The molecule has 6 heteroatoms. The van der Waals surface area contributed by atoms with Crippen molar-refractivity contribution < 1.29 is 28.7 Å². The molecule has 1 unspecified atom stereocenters. The Hall–Kier alpha value is -2.24. The smallest absolute Gasteiger partial charge is 0.303 e. The first-order chi connectivity index (χ1) is 13.5. The molecule has 0 N–H and O–H groups in total. The third kappa shape index (κ3) is 4.21. The van der Waals surface area contributed by atoms with Crippen molar-refractivity contribution in [3.8, 4) is 0 Å². The van der Waals surface area contributed by atoms with Gasteiger partial charge in [-0.2, -0.15) is 0 Å². The van der Waals surface area contributed by atoms with Gasteiger partial charge in [-0.05, 0) is 36.2 Å². The monoisotopic (exact) mass is 402 g/mol. The number of Topliss-reactive ketones (excluding diaryl/α,β-unsaturated/α-hetero) is 2.